The normalized spacial score (nSPS) is 25.5. The second-order valence-electron chi connectivity index (χ2n) is 6.53. The van der Waals surface area contributed by atoms with Gasteiger partial charge in [-0.25, -0.2) is 0 Å². The van der Waals surface area contributed by atoms with E-state index >= 15 is 0 Å². The molecule has 0 aromatic heterocycles. The molecule has 3 atom stereocenters. The lowest BCUT2D eigenvalue weighted by Gasteiger charge is -2.30. The van der Waals surface area contributed by atoms with Crippen LogP contribution >= 0.6 is 0 Å². The first-order valence-corrected chi connectivity index (χ1v) is 7.05. The molecule has 1 rings (SSSR count). The second-order valence-corrected chi connectivity index (χ2v) is 6.53. The standard InChI is InChI=1S/C14H27N3O2/c1-9-8-11(6-7-15-9)17-12(18)10(2)16-13(19)14(3,4)5/h9-11,15H,6-8H2,1-5H3,(H,16,19)(H,17,18). The fourth-order valence-electron chi connectivity index (χ4n) is 2.07. The van der Waals surface area contributed by atoms with Crippen LogP contribution in [-0.4, -0.2) is 36.5 Å². The number of carbonyl (C=O) groups excluding carboxylic acids is 2. The summed E-state index contributed by atoms with van der Waals surface area (Å²) in [4.78, 5) is 23.9. The summed E-state index contributed by atoms with van der Waals surface area (Å²) >= 11 is 0. The number of amides is 2. The summed E-state index contributed by atoms with van der Waals surface area (Å²) in [6, 6.07) is 0.146. The molecular weight excluding hydrogens is 242 g/mol. The Morgan fingerprint density at radius 3 is 2.47 bits per heavy atom. The number of hydrogen-bond acceptors (Lipinski definition) is 3. The first-order chi connectivity index (χ1) is 8.70. The molecule has 0 aromatic rings. The lowest BCUT2D eigenvalue weighted by molar-refractivity contribution is -0.133. The van der Waals surface area contributed by atoms with E-state index in [-0.39, 0.29) is 17.9 Å². The molecule has 0 radical (unpaired) electrons. The summed E-state index contributed by atoms with van der Waals surface area (Å²) < 4.78 is 0. The second kappa shape index (κ2) is 6.37. The monoisotopic (exact) mass is 269 g/mol. The number of nitrogens with one attached hydrogen (secondary N) is 3. The van der Waals surface area contributed by atoms with E-state index in [0.717, 1.165) is 19.4 Å². The zero-order valence-electron chi connectivity index (χ0n) is 12.7. The lowest BCUT2D eigenvalue weighted by atomic mass is 9.95. The fourth-order valence-corrected chi connectivity index (χ4v) is 2.07. The zero-order valence-corrected chi connectivity index (χ0v) is 12.7. The van der Waals surface area contributed by atoms with Crippen molar-refractivity contribution >= 4 is 11.8 Å². The van der Waals surface area contributed by atoms with Gasteiger partial charge in [0.1, 0.15) is 6.04 Å². The molecule has 1 fully saturated rings. The predicted molar refractivity (Wildman–Crippen MR) is 75.7 cm³/mol. The van der Waals surface area contributed by atoms with E-state index in [1.807, 2.05) is 20.8 Å². The quantitative estimate of drug-likeness (QED) is 0.709. The predicted octanol–water partition coefficient (Wildman–Crippen LogP) is 0.794. The highest BCUT2D eigenvalue weighted by Crippen LogP contribution is 2.13. The van der Waals surface area contributed by atoms with E-state index in [1.54, 1.807) is 6.92 Å². The first-order valence-electron chi connectivity index (χ1n) is 7.05. The molecule has 0 saturated carbocycles. The highest BCUT2D eigenvalue weighted by Gasteiger charge is 2.27. The lowest BCUT2D eigenvalue weighted by Crippen LogP contribution is -2.53. The van der Waals surface area contributed by atoms with Crippen molar-refractivity contribution in [2.24, 2.45) is 5.41 Å². The molecule has 2 amide bonds. The highest BCUT2D eigenvalue weighted by atomic mass is 16.2. The van der Waals surface area contributed by atoms with Crippen LogP contribution in [0.25, 0.3) is 0 Å². The third kappa shape index (κ3) is 5.19. The van der Waals surface area contributed by atoms with Gasteiger partial charge in [-0.3, -0.25) is 9.59 Å². The van der Waals surface area contributed by atoms with Gasteiger partial charge in [-0.05, 0) is 33.2 Å². The Hall–Kier alpha value is -1.10. The van der Waals surface area contributed by atoms with Gasteiger partial charge in [-0.2, -0.15) is 0 Å². The average Bonchev–Trinajstić information content (AvgIpc) is 2.27. The van der Waals surface area contributed by atoms with Crippen LogP contribution in [0, 0.1) is 5.41 Å². The maximum absolute atomic E-state index is 12.0. The molecule has 3 unspecified atom stereocenters. The number of carbonyl (C=O) groups is 2. The minimum Gasteiger partial charge on any atom is -0.351 e. The fraction of sp³-hybridized carbons (Fsp3) is 0.857. The van der Waals surface area contributed by atoms with Crippen molar-refractivity contribution in [1.82, 2.24) is 16.0 Å². The molecule has 19 heavy (non-hydrogen) atoms. The minimum atomic E-state index is -0.489. The van der Waals surface area contributed by atoms with Crippen molar-refractivity contribution in [3.63, 3.8) is 0 Å². The van der Waals surface area contributed by atoms with Crippen LogP contribution in [0.4, 0.5) is 0 Å². The Kier molecular flexibility index (Phi) is 5.35. The zero-order chi connectivity index (χ0) is 14.6. The Bertz CT molecular complexity index is 336. The first kappa shape index (κ1) is 16.0. The van der Waals surface area contributed by atoms with Crippen molar-refractivity contribution in [3.05, 3.63) is 0 Å². The van der Waals surface area contributed by atoms with Gasteiger partial charge in [0.15, 0.2) is 0 Å². The van der Waals surface area contributed by atoms with Gasteiger partial charge in [0.05, 0.1) is 0 Å². The Balaban J connectivity index is 2.42. The smallest absolute Gasteiger partial charge is 0.242 e. The van der Waals surface area contributed by atoms with Crippen LogP contribution in [0.15, 0.2) is 0 Å². The van der Waals surface area contributed by atoms with E-state index < -0.39 is 11.5 Å². The van der Waals surface area contributed by atoms with Gasteiger partial charge in [-0.15, -0.1) is 0 Å². The van der Waals surface area contributed by atoms with E-state index in [1.165, 1.54) is 0 Å². The van der Waals surface area contributed by atoms with Crippen LogP contribution in [0.5, 0.6) is 0 Å². The van der Waals surface area contributed by atoms with E-state index in [9.17, 15) is 9.59 Å². The third-order valence-electron chi connectivity index (χ3n) is 3.39. The molecule has 1 heterocycles. The van der Waals surface area contributed by atoms with Gasteiger partial charge >= 0.3 is 0 Å². The minimum absolute atomic E-state index is 0.100. The molecule has 1 saturated heterocycles. The molecule has 5 nitrogen and oxygen atoms in total. The Morgan fingerprint density at radius 1 is 1.32 bits per heavy atom. The number of hydrogen-bond donors (Lipinski definition) is 3. The van der Waals surface area contributed by atoms with Crippen LogP contribution in [-0.2, 0) is 9.59 Å². The number of rotatable bonds is 3. The van der Waals surface area contributed by atoms with Crippen molar-refractivity contribution in [2.45, 2.75) is 65.6 Å². The SMILES string of the molecule is CC1CC(NC(=O)C(C)NC(=O)C(C)(C)C)CCN1. The average molecular weight is 269 g/mol. The summed E-state index contributed by atoms with van der Waals surface area (Å²) in [5.74, 6) is -0.203. The molecular formula is C14H27N3O2. The highest BCUT2D eigenvalue weighted by molar-refractivity contribution is 5.89. The van der Waals surface area contributed by atoms with Crippen LogP contribution in [0.1, 0.15) is 47.5 Å². The molecule has 1 aliphatic heterocycles. The van der Waals surface area contributed by atoms with E-state index in [2.05, 4.69) is 22.9 Å². The van der Waals surface area contributed by atoms with Crippen molar-refractivity contribution in [3.8, 4) is 0 Å². The molecule has 3 N–H and O–H groups in total. The third-order valence-corrected chi connectivity index (χ3v) is 3.39. The molecule has 0 aromatic carbocycles. The number of piperidine rings is 1. The maximum Gasteiger partial charge on any atom is 0.242 e. The van der Waals surface area contributed by atoms with Crippen LogP contribution < -0.4 is 16.0 Å². The van der Waals surface area contributed by atoms with Gasteiger partial charge in [0, 0.05) is 17.5 Å². The maximum atomic E-state index is 12.0. The molecule has 0 bridgehead atoms. The summed E-state index contributed by atoms with van der Waals surface area (Å²) in [6.45, 7) is 10.3. The van der Waals surface area contributed by atoms with Crippen molar-refractivity contribution < 1.29 is 9.59 Å². The van der Waals surface area contributed by atoms with Gasteiger partial charge in [0.2, 0.25) is 11.8 Å². The van der Waals surface area contributed by atoms with Gasteiger partial charge < -0.3 is 16.0 Å². The van der Waals surface area contributed by atoms with Gasteiger partial charge in [0.25, 0.3) is 0 Å². The van der Waals surface area contributed by atoms with E-state index in [4.69, 9.17) is 0 Å². The summed E-state index contributed by atoms with van der Waals surface area (Å²) in [5.41, 5.74) is -0.474. The van der Waals surface area contributed by atoms with E-state index in [0.29, 0.717) is 6.04 Å². The molecule has 110 valence electrons. The molecule has 1 aliphatic rings. The Labute approximate surface area is 115 Å². The largest absolute Gasteiger partial charge is 0.351 e. The summed E-state index contributed by atoms with van der Waals surface area (Å²) in [7, 11) is 0. The molecule has 0 aliphatic carbocycles. The Morgan fingerprint density at radius 2 is 1.95 bits per heavy atom. The summed E-state index contributed by atoms with van der Waals surface area (Å²) in [6.07, 6.45) is 1.88. The van der Waals surface area contributed by atoms with Crippen molar-refractivity contribution in [1.29, 1.82) is 0 Å². The summed E-state index contributed by atoms with van der Waals surface area (Å²) in [5, 5.41) is 9.11. The van der Waals surface area contributed by atoms with Gasteiger partial charge in [-0.1, -0.05) is 20.8 Å². The topological polar surface area (TPSA) is 70.2 Å². The van der Waals surface area contributed by atoms with Crippen LogP contribution in [0.2, 0.25) is 0 Å². The molecule has 0 spiro atoms. The van der Waals surface area contributed by atoms with Crippen LogP contribution in [0.3, 0.4) is 0 Å². The van der Waals surface area contributed by atoms with Crippen molar-refractivity contribution in [2.75, 3.05) is 6.54 Å². The molecule has 5 heteroatoms.